The number of rotatable bonds is 8. The van der Waals surface area contributed by atoms with Crippen LogP contribution >= 0.6 is 0 Å². The van der Waals surface area contributed by atoms with Crippen LogP contribution in [0.3, 0.4) is 0 Å². The minimum Gasteiger partial charge on any atom is -0.491 e. The molecule has 8 nitrogen and oxygen atoms in total. The maximum absolute atomic E-state index is 12.3. The number of benzene rings is 1. The zero-order chi connectivity index (χ0) is 18.8. The molecule has 2 aliphatic rings. The molecule has 1 amide bonds. The Hall–Kier alpha value is -2.45. The highest BCUT2D eigenvalue weighted by molar-refractivity contribution is 5.92. The highest BCUT2D eigenvalue weighted by atomic mass is 16.5. The van der Waals surface area contributed by atoms with Gasteiger partial charge in [-0.05, 0) is 37.5 Å². The van der Waals surface area contributed by atoms with E-state index in [1.54, 1.807) is 10.9 Å². The van der Waals surface area contributed by atoms with E-state index in [0.717, 1.165) is 37.2 Å². The number of ether oxygens (including phenoxy) is 1. The van der Waals surface area contributed by atoms with Gasteiger partial charge in [-0.3, -0.25) is 9.69 Å². The van der Waals surface area contributed by atoms with E-state index in [4.69, 9.17) is 9.84 Å². The van der Waals surface area contributed by atoms with Crippen molar-refractivity contribution in [3.8, 4) is 5.75 Å². The first-order valence-corrected chi connectivity index (χ1v) is 9.44. The first-order valence-electron chi connectivity index (χ1n) is 9.44. The fourth-order valence-corrected chi connectivity index (χ4v) is 3.32. The molecular weight excluding hydrogens is 346 g/mol. The summed E-state index contributed by atoms with van der Waals surface area (Å²) in [6, 6.07) is 8.70. The van der Waals surface area contributed by atoms with E-state index < -0.39 is 0 Å². The normalized spacial score (nSPS) is 18.7. The summed E-state index contributed by atoms with van der Waals surface area (Å²) in [5, 5.41) is 19.9. The van der Waals surface area contributed by atoms with E-state index in [2.05, 4.69) is 33.5 Å². The number of likely N-dealkylation sites (tertiary alicyclic amines) is 1. The highest BCUT2D eigenvalue weighted by Crippen LogP contribution is 2.33. The van der Waals surface area contributed by atoms with Gasteiger partial charge in [0.1, 0.15) is 12.4 Å². The number of nitrogens with one attached hydrogen (secondary N) is 1. The van der Waals surface area contributed by atoms with Gasteiger partial charge in [-0.15, -0.1) is 5.10 Å². The van der Waals surface area contributed by atoms with Gasteiger partial charge >= 0.3 is 0 Å². The quantitative estimate of drug-likeness (QED) is 0.723. The molecule has 1 aliphatic carbocycles. The molecule has 1 unspecified atom stereocenters. The van der Waals surface area contributed by atoms with Crippen molar-refractivity contribution in [2.24, 2.45) is 0 Å². The predicted octanol–water partition coefficient (Wildman–Crippen LogP) is 1.16. The van der Waals surface area contributed by atoms with Gasteiger partial charge in [0.25, 0.3) is 5.91 Å². The topological polar surface area (TPSA) is 92.5 Å². The lowest BCUT2D eigenvalue weighted by Gasteiger charge is -2.43. The summed E-state index contributed by atoms with van der Waals surface area (Å²) in [5.74, 6) is 0.608. The van der Waals surface area contributed by atoms with Crippen LogP contribution in [-0.4, -0.2) is 63.3 Å². The molecule has 1 saturated carbocycles. The van der Waals surface area contributed by atoms with Gasteiger partial charge in [-0.1, -0.05) is 17.3 Å². The first-order chi connectivity index (χ1) is 13.1. The number of amides is 1. The number of aliphatic hydroxyl groups is 1. The third-order valence-corrected chi connectivity index (χ3v) is 5.16. The summed E-state index contributed by atoms with van der Waals surface area (Å²) >= 11 is 0. The maximum atomic E-state index is 12.3. The van der Waals surface area contributed by atoms with Crippen molar-refractivity contribution in [2.75, 3.05) is 26.3 Å². The Bertz CT molecular complexity index is 798. The van der Waals surface area contributed by atoms with Crippen LogP contribution in [0.15, 0.2) is 30.5 Å². The smallest absolute Gasteiger partial charge is 0.273 e. The number of carbonyl (C=O) groups excluding carboxylic acids is 1. The average molecular weight is 371 g/mol. The second-order valence-corrected chi connectivity index (χ2v) is 7.26. The molecule has 0 spiro atoms. The van der Waals surface area contributed by atoms with Crippen molar-refractivity contribution < 1.29 is 14.6 Å². The maximum Gasteiger partial charge on any atom is 0.273 e. The molecule has 1 atom stereocenters. The van der Waals surface area contributed by atoms with E-state index in [0.29, 0.717) is 18.3 Å². The Morgan fingerprint density at radius 3 is 2.96 bits per heavy atom. The lowest BCUT2D eigenvalue weighted by Crippen LogP contribution is -2.59. The second kappa shape index (κ2) is 7.66. The van der Waals surface area contributed by atoms with Gasteiger partial charge in [0.05, 0.1) is 24.9 Å². The van der Waals surface area contributed by atoms with E-state index in [1.165, 1.54) is 0 Å². The van der Waals surface area contributed by atoms with Crippen LogP contribution < -0.4 is 10.1 Å². The minimum atomic E-state index is -0.154. The van der Waals surface area contributed by atoms with Gasteiger partial charge in [-0.25, -0.2) is 4.68 Å². The Morgan fingerprint density at radius 1 is 1.41 bits per heavy atom. The molecule has 2 fully saturated rings. The molecule has 1 saturated heterocycles. The van der Waals surface area contributed by atoms with Crippen molar-refractivity contribution in [3.63, 3.8) is 0 Å². The van der Waals surface area contributed by atoms with Gasteiger partial charge < -0.3 is 15.2 Å². The highest BCUT2D eigenvalue weighted by Gasteiger charge is 2.33. The molecular formula is C19H25N5O3. The summed E-state index contributed by atoms with van der Waals surface area (Å²) in [5.41, 5.74) is 1.55. The molecule has 2 aromatic rings. The monoisotopic (exact) mass is 371 g/mol. The molecule has 0 bridgehead atoms. The molecule has 144 valence electrons. The number of nitrogens with zero attached hydrogens (tertiary/aromatic N) is 4. The lowest BCUT2D eigenvalue weighted by molar-refractivity contribution is 0.0671. The van der Waals surface area contributed by atoms with Gasteiger partial charge in [0.2, 0.25) is 0 Å². The SMILES string of the molecule is CC(c1cccc(OCCO)c1)N1CC(NC(=O)c2cn(C3CC3)nn2)C1. The molecule has 1 aromatic carbocycles. The summed E-state index contributed by atoms with van der Waals surface area (Å²) in [6.45, 7) is 4.03. The molecule has 1 aromatic heterocycles. The van der Waals surface area contributed by atoms with Crippen LogP contribution in [0.5, 0.6) is 5.75 Å². The van der Waals surface area contributed by atoms with Crippen molar-refractivity contribution >= 4 is 5.91 Å². The summed E-state index contributed by atoms with van der Waals surface area (Å²) < 4.78 is 7.27. The van der Waals surface area contributed by atoms with Gasteiger partial charge in [0.15, 0.2) is 5.69 Å². The van der Waals surface area contributed by atoms with Crippen LogP contribution in [-0.2, 0) is 0 Å². The average Bonchev–Trinajstić information content (AvgIpc) is 3.39. The zero-order valence-corrected chi connectivity index (χ0v) is 15.4. The third kappa shape index (κ3) is 4.12. The summed E-state index contributed by atoms with van der Waals surface area (Å²) in [6.07, 6.45) is 3.97. The second-order valence-electron chi connectivity index (χ2n) is 7.26. The number of aliphatic hydroxyl groups excluding tert-OH is 1. The lowest BCUT2D eigenvalue weighted by atomic mass is 10.00. The zero-order valence-electron chi connectivity index (χ0n) is 15.4. The van der Waals surface area contributed by atoms with Crippen LogP contribution in [0.1, 0.15) is 47.9 Å². The van der Waals surface area contributed by atoms with Crippen LogP contribution in [0.4, 0.5) is 0 Å². The Morgan fingerprint density at radius 2 is 2.22 bits per heavy atom. The van der Waals surface area contributed by atoms with E-state index in [-0.39, 0.29) is 24.6 Å². The Labute approximate surface area is 158 Å². The largest absolute Gasteiger partial charge is 0.491 e. The molecule has 8 heteroatoms. The van der Waals surface area contributed by atoms with Crippen LogP contribution in [0.2, 0.25) is 0 Å². The Kier molecular flexibility index (Phi) is 5.09. The molecule has 4 rings (SSSR count). The van der Waals surface area contributed by atoms with Gasteiger partial charge in [0, 0.05) is 19.1 Å². The fraction of sp³-hybridized carbons (Fsp3) is 0.526. The molecule has 1 aliphatic heterocycles. The van der Waals surface area contributed by atoms with Crippen LogP contribution in [0.25, 0.3) is 0 Å². The van der Waals surface area contributed by atoms with E-state index in [1.807, 2.05) is 18.2 Å². The van der Waals surface area contributed by atoms with Crippen molar-refractivity contribution in [2.45, 2.75) is 37.9 Å². The molecule has 2 heterocycles. The van der Waals surface area contributed by atoms with Crippen molar-refractivity contribution in [1.82, 2.24) is 25.2 Å². The number of carbonyl (C=O) groups is 1. The fourth-order valence-electron chi connectivity index (χ4n) is 3.32. The number of aromatic nitrogens is 3. The minimum absolute atomic E-state index is 0.00169. The molecule has 0 radical (unpaired) electrons. The third-order valence-electron chi connectivity index (χ3n) is 5.16. The molecule has 27 heavy (non-hydrogen) atoms. The summed E-state index contributed by atoms with van der Waals surface area (Å²) in [7, 11) is 0. The van der Waals surface area contributed by atoms with Crippen molar-refractivity contribution in [3.05, 3.63) is 41.7 Å². The van der Waals surface area contributed by atoms with Crippen LogP contribution in [0, 0.1) is 0 Å². The van der Waals surface area contributed by atoms with E-state index in [9.17, 15) is 4.79 Å². The first kappa shape index (κ1) is 17.9. The number of hydrogen-bond donors (Lipinski definition) is 2. The van der Waals surface area contributed by atoms with E-state index >= 15 is 0 Å². The molecule has 2 N–H and O–H groups in total. The van der Waals surface area contributed by atoms with Gasteiger partial charge in [-0.2, -0.15) is 0 Å². The van der Waals surface area contributed by atoms with Crippen molar-refractivity contribution in [1.29, 1.82) is 0 Å². The Balaban J connectivity index is 1.27. The number of hydrogen-bond acceptors (Lipinski definition) is 6. The predicted molar refractivity (Wildman–Crippen MR) is 98.6 cm³/mol. The standard InChI is InChI=1S/C19H25N5O3/c1-13(14-3-2-4-17(9-14)27-8-7-25)23-10-15(11-23)20-19(26)18-12-24(22-21-18)16-5-6-16/h2-4,9,12-13,15-16,25H,5-8,10-11H2,1H3,(H,20,26). The summed E-state index contributed by atoms with van der Waals surface area (Å²) in [4.78, 5) is 14.6.